The lowest BCUT2D eigenvalue weighted by Crippen LogP contribution is -2.43. The Morgan fingerprint density at radius 1 is 0.962 bits per heavy atom. The number of methoxy groups -OCH3 is 2. The molecule has 0 aliphatic carbocycles. The van der Waals surface area contributed by atoms with Gasteiger partial charge in [0.25, 0.3) is 11.8 Å². The van der Waals surface area contributed by atoms with Crippen LogP contribution in [0.2, 0.25) is 0 Å². The normalized spacial score (nSPS) is 10.0. The average molecular weight is 358 g/mol. The van der Waals surface area contributed by atoms with Gasteiger partial charge in [0, 0.05) is 11.6 Å². The third-order valence-electron chi connectivity index (χ3n) is 3.84. The number of hydrogen-bond acceptors (Lipinski definition) is 5. The number of hydrazine groups is 1. The molecular formula is C19H22N2O5. The summed E-state index contributed by atoms with van der Waals surface area (Å²) < 4.78 is 15.7. The fourth-order valence-corrected chi connectivity index (χ4v) is 2.20. The first kappa shape index (κ1) is 19.1. The maximum absolute atomic E-state index is 12.2. The largest absolute Gasteiger partial charge is 0.497 e. The smallest absolute Gasteiger partial charge is 0.276 e. The lowest BCUT2D eigenvalue weighted by Gasteiger charge is -2.12. The van der Waals surface area contributed by atoms with Gasteiger partial charge in [0.05, 0.1) is 14.2 Å². The van der Waals surface area contributed by atoms with E-state index in [4.69, 9.17) is 14.2 Å². The van der Waals surface area contributed by atoms with E-state index in [0.717, 1.165) is 11.1 Å². The van der Waals surface area contributed by atoms with Gasteiger partial charge >= 0.3 is 0 Å². The van der Waals surface area contributed by atoms with Crippen molar-refractivity contribution in [1.82, 2.24) is 10.9 Å². The number of rotatable bonds is 6. The number of aryl methyl sites for hydroxylation is 1. The Morgan fingerprint density at radius 2 is 1.62 bits per heavy atom. The van der Waals surface area contributed by atoms with Crippen molar-refractivity contribution in [1.29, 1.82) is 0 Å². The lowest BCUT2D eigenvalue weighted by atomic mass is 10.1. The van der Waals surface area contributed by atoms with Gasteiger partial charge in [0.2, 0.25) is 0 Å². The first-order valence-corrected chi connectivity index (χ1v) is 7.96. The summed E-state index contributed by atoms with van der Waals surface area (Å²) in [7, 11) is 2.98. The third-order valence-corrected chi connectivity index (χ3v) is 3.84. The van der Waals surface area contributed by atoms with E-state index < -0.39 is 11.8 Å². The molecule has 7 nitrogen and oxygen atoms in total. The summed E-state index contributed by atoms with van der Waals surface area (Å²) in [6, 6.07) is 10.3. The Kier molecular flexibility index (Phi) is 6.43. The fraction of sp³-hybridized carbons (Fsp3) is 0.263. The van der Waals surface area contributed by atoms with Crippen LogP contribution < -0.4 is 25.1 Å². The molecule has 0 aliphatic heterocycles. The highest BCUT2D eigenvalue weighted by molar-refractivity contribution is 5.96. The van der Waals surface area contributed by atoms with Crippen LogP contribution in [-0.4, -0.2) is 32.6 Å². The van der Waals surface area contributed by atoms with E-state index in [0.29, 0.717) is 17.2 Å². The second kappa shape index (κ2) is 8.75. The summed E-state index contributed by atoms with van der Waals surface area (Å²) in [6.07, 6.45) is 0. The molecule has 0 aromatic heterocycles. The van der Waals surface area contributed by atoms with Crippen LogP contribution in [0.1, 0.15) is 21.5 Å². The molecule has 0 unspecified atom stereocenters. The number of amides is 2. The zero-order chi connectivity index (χ0) is 19.1. The van der Waals surface area contributed by atoms with E-state index >= 15 is 0 Å². The van der Waals surface area contributed by atoms with Crippen LogP contribution >= 0.6 is 0 Å². The van der Waals surface area contributed by atoms with Gasteiger partial charge in [-0.25, -0.2) is 0 Å². The molecule has 2 N–H and O–H groups in total. The van der Waals surface area contributed by atoms with Crippen LogP contribution in [-0.2, 0) is 4.79 Å². The predicted molar refractivity (Wildman–Crippen MR) is 96.6 cm³/mol. The Bertz CT molecular complexity index is 782. The first-order chi connectivity index (χ1) is 12.4. The Hall–Kier alpha value is -3.22. The van der Waals surface area contributed by atoms with E-state index in [1.165, 1.54) is 26.4 Å². The fourth-order valence-electron chi connectivity index (χ4n) is 2.20. The summed E-state index contributed by atoms with van der Waals surface area (Å²) in [5, 5.41) is 0. The van der Waals surface area contributed by atoms with Crippen LogP contribution in [0.3, 0.4) is 0 Å². The molecule has 7 heteroatoms. The number of ether oxygens (including phenoxy) is 3. The number of carbonyl (C=O) groups is 2. The van der Waals surface area contributed by atoms with E-state index in [1.54, 1.807) is 12.1 Å². The lowest BCUT2D eigenvalue weighted by molar-refractivity contribution is -0.123. The Morgan fingerprint density at radius 3 is 2.23 bits per heavy atom. The number of carbonyl (C=O) groups excluding carboxylic acids is 2. The van der Waals surface area contributed by atoms with Crippen molar-refractivity contribution in [3.8, 4) is 17.2 Å². The minimum atomic E-state index is -0.498. The molecule has 0 aliphatic rings. The van der Waals surface area contributed by atoms with E-state index in [9.17, 15) is 9.59 Å². The molecule has 0 saturated carbocycles. The summed E-state index contributed by atoms with van der Waals surface area (Å²) in [6.45, 7) is 3.66. The van der Waals surface area contributed by atoms with Gasteiger partial charge < -0.3 is 14.2 Å². The maximum atomic E-state index is 12.2. The van der Waals surface area contributed by atoms with Crippen molar-refractivity contribution in [2.24, 2.45) is 0 Å². The standard InChI is InChI=1S/C19H22N2O5/c1-12-6-5-7-17(13(12)2)26-11-18(22)20-21-19(23)14-8-15(24-3)10-16(9-14)25-4/h5-10H,11H2,1-4H3,(H,20,22)(H,21,23). The maximum Gasteiger partial charge on any atom is 0.276 e. The monoisotopic (exact) mass is 358 g/mol. The molecule has 0 bridgehead atoms. The number of nitrogens with one attached hydrogen (secondary N) is 2. The van der Waals surface area contributed by atoms with Crippen LogP contribution in [0, 0.1) is 13.8 Å². The summed E-state index contributed by atoms with van der Waals surface area (Å²) in [5.41, 5.74) is 6.98. The van der Waals surface area contributed by atoms with Gasteiger partial charge in [-0.15, -0.1) is 0 Å². The van der Waals surface area contributed by atoms with E-state index in [2.05, 4.69) is 10.9 Å². The highest BCUT2D eigenvalue weighted by atomic mass is 16.5. The van der Waals surface area contributed by atoms with Crippen LogP contribution in [0.5, 0.6) is 17.2 Å². The average Bonchev–Trinajstić information content (AvgIpc) is 2.66. The van der Waals surface area contributed by atoms with Gasteiger partial charge in [-0.2, -0.15) is 0 Å². The van der Waals surface area contributed by atoms with Gasteiger partial charge in [0.15, 0.2) is 6.61 Å². The molecule has 0 heterocycles. The van der Waals surface area contributed by atoms with Gasteiger partial charge in [-0.1, -0.05) is 12.1 Å². The minimum Gasteiger partial charge on any atom is -0.497 e. The minimum absolute atomic E-state index is 0.216. The van der Waals surface area contributed by atoms with Gasteiger partial charge in [0.1, 0.15) is 17.2 Å². The van der Waals surface area contributed by atoms with Crippen molar-refractivity contribution >= 4 is 11.8 Å². The van der Waals surface area contributed by atoms with Crippen molar-refractivity contribution in [3.05, 3.63) is 53.1 Å². The van der Waals surface area contributed by atoms with E-state index in [1.807, 2.05) is 26.0 Å². The Balaban J connectivity index is 1.90. The predicted octanol–water partition coefficient (Wildman–Crippen LogP) is 2.16. The van der Waals surface area contributed by atoms with Crippen molar-refractivity contribution < 1.29 is 23.8 Å². The summed E-state index contributed by atoms with van der Waals surface area (Å²) in [5.74, 6) is 0.596. The topological polar surface area (TPSA) is 85.9 Å². The molecule has 0 saturated heterocycles. The number of hydrogen-bond donors (Lipinski definition) is 2. The second-order valence-corrected chi connectivity index (χ2v) is 5.59. The number of benzene rings is 2. The molecule has 0 fully saturated rings. The molecule has 0 spiro atoms. The molecule has 26 heavy (non-hydrogen) atoms. The van der Waals surface area contributed by atoms with Crippen molar-refractivity contribution in [2.45, 2.75) is 13.8 Å². The third kappa shape index (κ3) is 4.89. The highest BCUT2D eigenvalue weighted by Crippen LogP contribution is 2.22. The summed E-state index contributed by atoms with van der Waals surface area (Å²) >= 11 is 0. The zero-order valence-corrected chi connectivity index (χ0v) is 15.2. The molecule has 2 amide bonds. The first-order valence-electron chi connectivity index (χ1n) is 7.96. The highest BCUT2D eigenvalue weighted by Gasteiger charge is 2.12. The summed E-state index contributed by atoms with van der Waals surface area (Å²) in [4.78, 5) is 24.1. The molecule has 0 radical (unpaired) electrons. The van der Waals surface area contributed by atoms with Gasteiger partial charge in [-0.3, -0.25) is 20.4 Å². The molecule has 138 valence electrons. The van der Waals surface area contributed by atoms with Gasteiger partial charge in [-0.05, 0) is 43.2 Å². The zero-order valence-electron chi connectivity index (χ0n) is 15.2. The second-order valence-electron chi connectivity index (χ2n) is 5.59. The molecular weight excluding hydrogens is 336 g/mol. The SMILES string of the molecule is COc1cc(OC)cc(C(=O)NNC(=O)COc2cccc(C)c2C)c1. The van der Waals surface area contributed by atoms with Crippen LogP contribution in [0.25, 0.3) is 0 Å². The van der Waals surface area contributed by atoms with Crippen molar-refractivity contribution in [2.75, 3.05) is 20.8 Å². The van der Waals surface area contributed by atoms with Crippen molar-refractivity contribution in [3.63, 3.8) is 0 Å². The molecule has 2 rings (SSSR count). The molecule has 2 aromatic carbocycles. The quantitative estimate of drug-likeness (QED) is 0.773. The molecule has 2 aromatic rings. The van der Waals surface area contributed by atoms with E-state index in [-0.39, 0.29) is 12.2 Å². The Labute approximate surface area is 152 Å². The van der Waals surface area contributed by atoms with Crippen LogP contribution in [0.4, 0.5) is 0 Å². The molecule has 0 atom stereocenters. The van der Waals surface area contributed by atoms with Crippen LogP contribution in [0.15, 0.2) is 36.4 Å².